The number of likely N-dealkylation sites (tertiary alicyclic amines) is 1. The molecule has 1 aromatic heterocycles. The number of carbonyl (C=O) groups is 3. The molecule has 1 fully saturated rings. The van der Waals surface area contributed by atoms with Gasteiger partial charge >= 0.3 is 0 Å². The Morgan fingerprint density at radius 3 is 2.62 bits per heavy atom. The number of hydrogen-bond donors (Lipinski definition) is 2. The normalized spacial score (nSPS) is 17.2. The summed E-state index contributed by atoms with van der Waals surface area (Å²) in [6, 6.07) is 3.27. The van der Waals surface area contributed by atoms with Crippen LogP contribution in [0.2, 0.25) is 0 Å². The van der Waals surface area contributed by atoms with Crippen molar-refractivity contribution in [2.24, 2.45) is 5.41 Å². The van der Waals surface area contributed by atoms with Gasteiger partial charge in [-0.05, 0) is 36.1 Å². The van der Waals surface area contributed by atoms with Crippen LogP contribution in [0.25, 0.3) is 0 Å². The number of nitrogens with one attached hydrogen (secondary N) is 2. The van der Waals surface area contributed by atoms with Crippen molar-refractivity contribution >= 4 is 29.1 Å². The average Bonchev–Trinajstić information content (AvgIpc) is 3.23. The molecule has 6 nitrogen and oxygen atoms in total. The minimum Gasteiger partial charge on any atom is -0.354 e. The second-order valence-corrected chi connectivity index (χ2v) is 8.81. The minimum atomic E-state index is -0.356. The smallest absolute Gasteiger partial charge is 0.261 e. The van der Waals surface area contributed by atoms with E-state index in [0.29, 0.717) is 37.4 Å². The van der Waals surface area contributed by atoms with Crippen molar-refractivity contribution in [3.8, 4) is 0 Å². The SMILES string of the molecule is CC(C)(C)CC(=O)N1CCCC1C(=O)NCCCNC(=O)c1cccs1. The first-order chi connectivity index (χ1) is 12.3. The fourth-order valence-corrected chi connectivity index (χ4v) is 3.65. The van der Waals surface area contributed by atoms with Crippen LogP contribution in [-0.2, 0) is 9.59 Å². The van der Waals surface area contributed by atoms with E-state index in [-0.39, 0.29) is 29.2 Å². The third-order valence-electron chi connectivity index (χ3n) is 4.24. The van der Waals surface area contributed by atoms with Gasteiger partial charge in [-0.3, -0.25) is 14.4 Å². The minimum absolute atomic E-state index is 0.0540. The Morgan fingerprint density at radius 1 is 1.23 bits per heavy atom. The van der Waals surface area contributed by atoms with Crippen LogP contribution >= 0.6 is 11.3 Å². The summed E-state index contributed by atoms with van der Waals surface area (Å²) in [6.07, 6.45) is 2.69. The predicted octanol–water partition coefficient (Wildman–Crippen LogP) is 2.41. The molecule has 2 N–H and O–H groups in total. The standard InChI is InChI=1S/C19H29N3O3S/c1-19(2,3)13-16(23)22-11-4-7-14(22)17(24)20-9-6-10-21-18(25)15-8-5-12-26-15/h5,8,12,14H,4,6-7,9-11,13H2,1-3H3,(H,20,24)(H,21,25). The molecule has 1 unspecified atom stereocenters. The Kier molecular flexibility index (Phi) is 7.20. The first-order valence-electron chi connectivity index (χ1n) is 9.17. The summed E-state index contributed by atoms with van der Waals surface area (Å²) in [4.78, 5) is 39.1. The molecule has 1 aromatic rings. The number of amides is 3. The van der Waals surface area contributed by atoms with Crippen molar-refractivity contribution in [1.29, 1.82) is 0 Å². The highest BCUT2D eigenvalue weighted by atomic mass is 32.1. The van der Waals surface area contributed by atoms with Crippen LogP contribution in [0.15, 0.2) is 17.5 Å². The largest absolute Gasteiger partial charge is 0.354 e. The highest BCUT2D eigenvalue weighted by Gasteiger charge is 2.34. The third kappa shape index (κ3) is 6.12. The highest BCUT2D eigenvalue weighted by molar-refractivity contribution is 7.12. The number of rotatable bonds is 7. The molecule has 3 amide bonds. The van der Waals surface area contributed by atoms with Crippen LogP contribution in [0.1, 0.15) is 56.1 Å². The zero-order valence-corrected chi connectivity index (χ0v) is 16.7. The molecule has 2 heterocycles. The molecule has 1 saturated heterocycles. The van der Waals surface area contributed by atoms with Gasteiger partial charge in [-0.1, -0.05) is 26.8 Å². The predicted molar refractivity (Wildman–Crippen MR) is 103 cm³/mol. The fourth-order valence-electron chi connectivity index (χ4n) is 3.01. The van der Waals surface area contributed by atoms with Gasteiger partial charge in [0.25, 0.3) is 5.91 Å². The molecular weight excluding hydrogens is 350 g/mol. The van der Waals surface area contributed by atoms with Gasteiger partial charge in [-0.15, -0.1) is 11.3 Å². The lowest BCUT2D eigenvalue weighted by molar-refractivity contribution is -0.139. The number of carbonyl (C=O) groups excluding carboxylic acids is 3. The third-order valence-corrected chi connectivity index (χ3v) is 5.11. The number of nitrogens with zero attached hydrogens (tertiary/aromatic N) is 1. The van der Waals surface area contributed by atoms with Crippen molar-refractivity contribution in [3.63, 3.8) is 0 Å². The first-order valence-corrected chi connectivity index (χ1v) is 10.0. The molecular formula is C19H29N3O3S. The van der Waals surface area contributed by atoms with Crippen LogP contribution in [0.3, 0.4) is 0 Å². The lowest BCUT2D eigenvalue weighted by Crippen LogP contribution is -2.47. The quantitative estimate of drug-likeness (QED) is 0.714. The molecule has 1 atom stereocenters. The highest BCUT2D eigenvalue weighted by Crippen LogP contribution is 2.24. The van der Waals surface area contributed by atoms with Gasteiger partial charge in [0.05, 0.1) is 4.88 Å². The van der Waals surface area contributed by atoms with Gasteiger partial charge in [0.1, 0.15) is 6.04 Å². The maximum Gasteiger partial charge on any atom is 0.261 e. The summed E-state index contributed by atoms with van der Waals surface area (Å²) in [5.41, 5.74) is -0.0819. The Labute approximate surface area is 159 Å². The Morgan fingerprint density at radius 2 is 1.96 bits per heavy atom. The van der Waals surface area contributed by atoms with E-state index in [4.69, 9.17) is 0 Å². The van der Waals surface area contributed by atoms with Crippen molar-refractivity contribution in [3.05, 3.63) is 22.4 Å². The van der Waals surface area contributed by atoms with E-state index >= 15 is 0 Å². The molecule has 2 rings (SSSR count). The molecule has 0 saturated carbocycles. The van der Waals surface area contributed by atoms with Crippen LogP contribution in [-0.4, -0.2) is 48.3 Å². The lowest BCUT2D eigenvalue weighted by Gasteiger charge is -2.27. The van der Waals surface area contributed by atoms with Gasteiger partial charge in [0, 0.05) is 26.1 Å². The summed E-state index contributed by atoms with van der Waals surface area (Å²) in [5.74, 6) is -0.117. The van der Waals surface area contributed by atoms with E-state index in [0.717, 1.165) is 12.8 Å². The molecule has 0 bridgehead atoms. The van der Waals surface area contributed by atoms with Gasteiger partial charge in [-0.2, -0.15) is 0 Å². The molecule has 0 aromatic carbocycles. The maximum absolute atomic E-state index is 12.4. The van der Waals surface area contributed by atoms with E-state index in [2.05, 4.69) is 10.6 Å². The van der Waals surface area contributed by atoms with Crippen LogP contribution in [0, 0.1) is 5.41 Å². The number of hydrogen-bond acceptors (Lipinski definition) is 4. The average molecular weight is 380 g/mol. The molecule has 1 aliphatic rings. The maximum atomic E-state index is 12.4. The Bertz CT molecular complexity index is 622. The second-order valence-electron chi connectivity index (χ2n) is 7.86. The van der Waals surface area contributed by atoms with Crippen molar-refractivity contribution in [2.45, 2.75) is 52.5 Å². The summed E-state index contributed by atoms with van der Waals surface area (Å²) in [6.45, 7) is 7.74. The van der Waals surface area contributed by atoms with Crippen molar-refractivity contribution < 1.29 is 14.4 Å². The van der Waals surface area contributed by atoms with E-state index in [1.165, 1.54) is 11.3 Å². The summed E-state index contributed by atoms with van der Waals surface area (Å²) < 4.78 is 0. The van der Waals surface area contributed by atoms with Crippen molar-refractivity contribution in [2.75, 3.05) is 19.6 Å². The van der Waals surface area contributed by atoms with Crippen LogP contribution < -0.4 is 10.6 Å². The summed E-state index contributed by atoms with van der Waals surface area (Å²) >= 11 is 1.40. The van der Waals surface area contributed by atoms with Crippen molar-refractivity contribution in [1.82, 2.24) is 15.5 Å². The molecule has 7 heteroatoms. The summed E-state index contributed by atoms with van der Waals surface area (Å²) in [7, 11) is 0. The summed E-state index contributed by atoms with van der Waals surface area (Å²) in [5, 5.41) is 7.60. The molecule has 1 aliphatic heterocycles. The topological polar surface area (TPSA) is 78.5 Å². The lowest BCUT2D eigenvalue weighted by atomic mass is 9.91. The van der Waals surface area contributed by atoms with Gasteiger partial charge in [0.15, 0.2) is 0 Å². The number of thiophene rings is 1. The Hall–Kier alpha value is -1.89. The van der Waals surface area contributed by atoms with Gasteiger partial charge in [-0.25, -0.2) is 0 Å². The molecule has 0 aliphatic carbocycles. The van der Waals surface area contributed by atoms with E-state index in [1.807, 2.05) is 32.2 Å². The van der Waals surface area contributed by atoms with Gasteiger partial charge < -0.3 is 15.5 Å². The Balaban J connectivity index is 1.70. The monoisotopic (exact) mass is 379 g/mol. The first kappa shape index (κ1) is 20.4. The van der Waals surface area contributed by atoms with Gasteiger partial charge in [0.2, 0.25) is 11.8 Å². The van der Waals surface area contributed by atoms with E-state index in [9.17, 15) is 14.4 Å². The second kappa shape index (κ2) is 9.16. The fraction of sp³-hybridized carbons (Fsp3) is 0.632. The molecule has 144 valence electrons. The van der Waals surface area contributed by atoms with Crippen LogP contribution in [0.5, 0.6) is 0 Å². The van der Waals surface area contributed by atoms with E-state index in [1.54, 1.807) is 11.0 Å². The molecule has 0 spiro atoms. The van der Waals surface area contributed by atoms with E-state index < -0.39 is 0 Å². The molecule has 0 radical (unpaired) electrons. The molecule has 26 heavy (non-hydrogen) atoms. The van der Waals surface area contributed by atoms with Crippen LogP contribution in [0.4, 0.5) is 0 Å². The zero-order valence-electron chi connectivity index (χ0n) is 15.8. The zero-order chi connectivity index (χ0) is 19.2.